The number of nitrogens with one attached hydrogen (secondary N) is 2. The van der Waals surface area contributed by atoms with Gasteiger partial charge in [-0.15, -0.1) is 0 Å². The van der Waals surface area contributed by atoms with Gasteiger partial charge < -0.3 is 15.7 Å². The molecule has 1 aromatic heterocycles. The summed E-state index contributed by atoms with van der Waals surface area (Å²) in [6, 6.07) is 6.28. The minimum Gasteiger partial charge on any atom is -0.481 e. The van der Waals surface area contributed by atoms with Crippen molar-refractivity contribution in [2.24, 2.45) is 0 Å². The van der Waals surface area contributed by atoms with E-state index >= 15 is 0 Å². The van der Waals surface area contributed by atoms with Gasteiger partial charge >= 0.3 is 5.97 Å². The second kappa shape index (κ2) is 8.00. The Balaban J connectivity index is 1.98. The molecule has 8 nitrogen and oxygen atoms in total. The first-order chi connectivity index (χ1) is 11.9. The van der Waals surface area contributed by atoms with Gasteiger partial charge in [0.2, 0.25) is 0 Å². The molecule has 0 saturated carbocycles. The van der Waals surface area contributed by atoms with Crippen LogP contribution in [0.15, 0.2) is 30.5 Å². The van der Waals surface area contributed by atoms with Gasteiger partial charge in [-0.3, -0.25) is 14.4 Å². The molecule has 0 atom stereocenters. The molecule has 25 heavy (non-hydrogen) atoms. The number of hydrogen-bond donors (Lipinski definition) is 3. The topological polar surface area (TPSA) is 121 Å². The summed E-state index contributed by atoms with van der Waals surface area (Å²) >= 11 is 0. The van der Waals surface area contributed by atoms with E-state index in [4.69, 9.17) is 5.11 Å². The number of aliphatic carboxylic acids is 1. The fraction of sp³-hybridized carbons (Fsp3) is 0.235. The normalized spacial score (nSPS) is 10.2. The Morgan fingerprint density at radius 3 is 2.36 bits per heavy atom. The molecule has 2 rings (SSSR count). The highest BCUT2D eigenvalue weighted by atomic mass is 16.4. The lowest BCUT2D eigenvalue weighted by molar-refractivity contribution is -0.136. The van der Waals surface area contributed by atoms with Crippen LogP contribution in [0.5, 0.6) is 0 Å². The third kappa shape index (κ3) is 5.10. The van der Waals surface area contributed by atoms with Crippen LogP contribution in [0.2, 0.25) is 0 Å². The van der Waals surface area contributed by atoms with Crippen LogP contribution in [0.1, 0.15) is 38.7 Å². The number of carbonyl (C=O) groups is 3. The van der Waals surface area contributed by atoms with Crippen LogP contribution >= 0.6 is 0 Å². The zero-order valence-electron chi connectivity index (χ0n) is 13.9. The van der Waals surface area contributed by atoms with E-state index in [0.717, 1.165) is 0 Å². The molecule has 1 aromatic carbocycles. The van der Waals surface area contributed by atoms with E-state index in [9.17, 15) is 14.4 Å². The van der Waals surface area contributed by atoms with Crippen molar-refractivity contribution in [3.05, 3.63) is 53.1 Å². The van der Waals surface area contributed by atoms with Crippen molar-refractivity contribution in [3.8, 4) is 0 Å². The average Bonchev–Trinajstić information content (AvgIpc) is 2.54. The Hall–Kier alpha value is -3.29. The molecular weight excluding hydrogens is 324 g/mol. The van der Waals surface area contributed by atoms with Crippen molar-refractivity contribution in [2.45, 2.75) is 20.3 Å². The van der Waals surface area contributed by atoms with E-state index in [2.05, 4.69) is 20.6 Å². The number of anilines is 1. The van der Waals surface area contributed by atoms with E-state index in [0.29, 0.717) is 28.3 Å². The Bertz CT molecular complexity index is 803. The van der Waals surface area contributed by atoms with Gasteiger partial charge in [0.1, 0.15) is 5.82 Å². The van der Waals surface area contributed by atoms with E-state index in [1.165, 1.54) is 6.20 Å². The Morgan fingerprint density at radius 2 is 1.76 bits per heavy atom. The van der Waals surface area contributed by atoms with Crippen LogP contribution < -0.4 is 10.6 Å². The van der Waals surface area contributed by atoms with Crippen molar-refractivity contribution in [1.82, 2.24) is 15.3 Å². The lowest BCUT2D eigenvalue weighted by Crippen LogP contribution is -2.25. The first kappa shape index (κ1) is 18.1. The summed E-state index contributed by atoms with van der Waals surface area (Å²) in [7, 11) is 0. The van der Waals surface area contributed by atoms with Crippen molar-refractivity contribution in [3.63, 3.8) is 0 Å². The summed E-state index contributed by atoms with van der Waals surface area (Å²) in [5.74, 6) is -1.10. The van der Waals surface area contributed by atoms with Gasteiger partial charge in [-0.1, -0.05) is 0 Å². The zero-order valence-corrected chi connectivity index (χ0v) is 13.9. The maximum absolute atomic E-state index is 12.2. The molecule has 0 spiro atoms. The molecule has 8 heteroatoms. The van der Waals surface area contributed by atoms with Crippen LogP contribution in [0.25, 0.3) is 0 Å². The van der Waals surface area contributed by atoms with Crippen LogP contribution in [0.4, 0.5) is 5.69 Å². The summed E-state index contributed by atoms with van der Waals surface area (Å²) in [6.07, 6.45) is 1.33. The minimum atomic E-state index is -0.978. The molecule has 0 aliphatic carbocycles. The van der Waals surface area contributed by atoms with E-state index < -0.39 is 5.97 Å². The molecule has 0 aliphatic rings. The first-order valence-electron chi connectivity index (χ1n) is 7.58. The summed E-state index contributed by atoms with van der Waals surface area (Å²) in [5.41, 5.74) is 1.85. The zero-order chi connectivity index (χ0) is 18.4. The largest absolute Gasteiger partial charge is 0.481 e. The molecule has 0 fully saturated rings. The number of hydrogen-bond acceptors (Lipinski definition) is 5. The molecule has 2 aromatic rings. The number of carboxylic acid groups (broad SMARTS) is 1. The molecule has 0 aliphatic heterocycles. The van der Waals surface area contributed by atoms with Gasteiger partial charge in [-0.2, -0.15) is 0 Å². The number of rotatable bonds is 6. The third-order valence-electron chi connectivity index (χ3n) is 3.37. The van der Waals surface area contributed by atoms with Crippen LogP contribution in [-0.2, 0) is 4.79 Å². The number of nitrogens with zero attached hydrogens (tertiary/aromatic N) is 2. The van der Waals surface area contributed by atoms with E-state index in [1.54, 1.807) is 38.1 Å². The van der Waals surface area contributed by atoms with Crippen LogP contribution in [0.3, 0.4) is 0 Å². The maximum atomic E-state index is 12.2. The fourth-order valence-electron chi connectivity index (χ4n) is 2.09. The molecule has 0 saturated heterocycles. The van der Waals surface area contributed by atoms with Gasteiger partial charge in [-0.05, 0) is 38.1 Å². The number of carboxylic acids is 1. The molecule has 0 unspecified atom stereocenters. The van der Waals surface area contributed by atoms with Crippen molar-refractivity contribution in [2.75, 3.05) is 11.9 Å². The van der Waals surface area contributed by atoms with Crippen LogP contribution in [0, 0.1) is 13.8 Å². The van der Waals surface area contributed by atoms with Gasteiger partial charge in [0.05, 0.1) is 17.7 Å². The summed E-state index contributed by atoms with van der Waals surface area (Å²) in [6.45, 7) is 3.53. The predicted molar refractivity (Wildman–Crippen MR) is 90.5 cm³/mol. The highest BCUT2D eigenvalue weighted by molar-refractivity contribution is 6.05. The molecule has 1 heterocycles. The average molecular weight is 342 g/mol. The Morgan fingerprint density at radius 1 is 1.08 bits per heavy atom. The lowest BCUT2D eigenvalue weighted by Gasteiger charge is -2.08. The molecular formula is C17H18N4O4. The number of aryl methyl sites for hydroxylation is 2. The van der Waals surface area contributed by atoms with Crippen molar-refractivity contribution < 1.29 is 19.5 Å². The minimum absolute atomic E-state index is 0.0549. The molecule has 0 bridgehead atoms. The quantitative estimate of drug-likeness (QED) is 0.732. The molecule has 2 amide bonds. The van der Waals surface area contributed by atoms with Gasteiger partial charge in [-0.25, -0.2) is 9.97 Å². The molecule has 0 radical (unpaired) electrons. The smallest absolute Gasteiger partial charge is 0.305 e. The highest BCUT2D eigenvalue weighted by Crippen LogP contribution is 2.12. The second-order valence-corrected chi connectivity index (χ2v) is 5.35. The van der Waals surface area contributed by atoms with Gasteiger partial charge in [0, 0.05) is 24.0 Å². The summed E-state index contributed by atoms with van der Waals surface area (Å²) in [5, 5.41) is 13.8. The van der Waals surface area contributed by atoms with E-state index in [1.807, 2.05) is 0 Å². The number of benzene rings is 1. The number of amides is 2. The molecule has 130 valence electrons. The lowest BCUT2D eigenvalue weighted by atomic mass is 10.1. The van der Waals surface area contributed by atoms with E-state index in [-0.39, 0.29) is 24.8 Å². The van der Waals surface area contributed by atoms with Crippen molar-refractivity contribution >= 4 is 23.5 Å². The van der Waals surface area contributed by atoms with Gasteiger partial charge in [0.15, 0.2) is 0 Å². The number of carbonyl (C=O) groups excluding carboxylic acids is 2. The monoisotopic (exact) mass is 342 g/mol. The third-order valence-corrected chi connectivity index (χ3v) is 3.37. The first-order valence-corrected chi connectivity index (χ1v) is 7.58. The fourth-order valence-corrected chi connectivity index (χ4v) is 2.09. The summed E-state index contributed by atoms with van der Waals surface area (Å²) < 4.78 is 0. The maximum Gasteiger partial charge on any atom is 0.305 e. The Kier molecular flexibility index (Phi) is 5.78. The molecule has 3 N–H and O–H groups in total. The second-order valence-electron chi connectivity index (χ2n) is 5.35. The van der Waals surface area contributed by atoms with Crippen LogP contribution in [-0.4, -0.2) is 39.4 Å². The predicted octanol–water partition coefficient (Wildman–Crippen LogP) is 1.55. The summed E-state index contributed by atoms with van der Waals surface area (Å²) in [4.78, 5) is 42.7. The highest BCUT2D eigenvalue weighted by Gasteiger charge is 2.12. The standard InChI is InChI=1S/C17H18N4O4/c1-10-14(9-19-11(2)20-10)17(25)21-13-5-3-12(4-6-13)16(24)18-8-7-15(22)23/h3-6,9H,7-8H2,1-2H3,(H,18,24)(H,21,25)(H,22,23). The number of aromatic nitrogens is 2. The Labute approximate surface area is 144 Å². The van der Waals surface area contributed by atoms with Crippen molar-refractivity contribution in [1.29, 1.82) is 0 Å². The SMILES string of the molecule is Cc1ncc(C(=O)Nc2ccc(C(=O)NCCC(=O)O)cc2)c(C)n1. The van der Waals surface area contributed by atoms with Gasteiger partial charge in [0.25, 0.3) is 11.8 Å².